The lowest BCUT2D eigenvalue weighted by Crippen LogP contribution is -2.40. The van der Waals surface area contributed by atoms with Crippen LogP contribution in [0.25, 0.3) is 0 Å². The Balaban J connectivity index is 1.45. The zero-order valence-corrected chi connectivity index (χ0v) is 14.3. The van der Waals surface area contributed by atoms with E-state index in [1.54, 1.807) is 31.5 Å². The Kier molecular flexibility index (Phi) is 5.28. The van der Waals surface area contributed by atoms with E-state index in [4.69, 9.17) is 9.57 Å². The number of nitrogens with zero attached hydrogens (tertiary/aromatic N) is 2. The van der Waals surface area contributed by atoms with Gasteiger partial charge in [0.2, 0.25) is 0 Å². The lowest BCUT2D eigenvalue weighted by atomic mass is 10.0. The number of nitrogens with one attached hydrogen (secondary N) is 1. The minimum Gasteiger partial charge on any atom is -0.479 e. The molecule has 0 spiro atoms. The number of ether oxygens (including phenoxy) is 1. The molecule has 130 valence electrons. The van der Waals surface area contributed by atoms with Gasteiger partial charge in [0.15, 0.2) is 6.10 Å². The highest BCUT2D eigenvalue weighted by molar-refractivity contribution is 6.01. The number of carbonyl (C=O) groups is 1. The molecule has 0 saturated heterocycles. The summed E-state index contributed by atoms with van der Waals surface area (Å²) < 4.78 is 5.55. The van der Waals surface area contributed by atoms with E-state index in [2.05, 4.69) is 15.5 Å². The molecule has 2 aromatic rings. The van der Waals surface area contributed by atoms with Gasteiger partial charge in [-0.15, -0.1) is 0 Å². The molecule has 0 bridgehead atoms. The number of rotatable bonds is 6. The van der Waals surface area contributed by atoms with Crippen LogP contribution < -0.4 is 10.1 Å². The largest absolute Gasteiger partial charge is 0.479 e. The van der Waals surface area contributed by atoms with Crippen molar-refractivity contribution in [3.8, 4) is 5.75 Å². The molecular formula is C19H21N3O3. The lowest BCUT2D eigenvalue weighted by Gasteiger charge is -2.15. The third-order valence-electron chi connectivity index (χ3n) is 3.94. The first-order valence-corrected chi connectivity index (χ1v) is 8.26. The van der Waals surface area contributed by atoms with Crippen molar-refractivity contribution < 1.29 is 14.4 Å². The number of oxime groups is 1. The first-order valence-electron chi connectivity index (χ1n) is 8.26. The molecule has 0 radical (unpaired) electrons. The fourth-order valence-electron chi connectivity index (χ4n) is 2.49. The molecule has 0 saturated carbocycles. The number of benzene rings is 1. The predicted octanol–water partition coefficient (Wildman–Crippen LogP) is 2.47. The van der Waals surface area contributed by atoms with E-state index < -0.39 is 6.10 Å². The molecule has 1 aromatic heterocycles. The molecule has 0 unspecified atom stereocenters. The quantitative estimate of drug-likeness (QED) is 0.877. The summed E-state index contributed by atoms with van der Waals surface area (Å²) in [6, 6.07) is 11.7. The van der Waals surface area contributed by atoms with Crippen molar-refractivity contribution in [2.45, 2.75) is 32.5 Å². The van der Waals surface area contributed by atoms with E-state index in [-0.39, 0.29) is 12.0 Å². The molecule has 1 amide bonds. The van der Waals surface area contributed by atoms with Crippen molar-refractivity contribution in [3.05, 3.63) is 59.9 Å². The van der Waals surface area contributed by atoms with E-state index in [0.717, 1.165) is 11.3 Å². The minimum absolute atomic E-state index is 0.161. The summed E-state index contributed by atoms with van der Waals surface area (Å²) in [5.41, 5.74) is 3.15. The first-order chi connectivity index (χ1) is 12.1. The second kappa shape index (κ2) is 7.79. The molecule has 1 aliphatic heterocycles. The monoisotopic (exact) mass is 339 g/mol. The number of hydrogen-bond acceptors (Lipinski definition) is 5. The summed E-state index contributed by atoms with van der Waals surface area (Å²) in [6.45, 7) is 4.13. The van der Waals surface area contributed by atoms with Crippen LogP contribution in [-0.4, -0.2) is 35.4 Å². The number of hydrogen-bond donors (Lipinski definition) is 1. The lowest BCUT2D eigenvalue weighted by molar-refractivity contribution is -0.127. The van der Waals surface area contributed by atoms with Crippen LogP contribution in [0.3, 0.4) is 0 Å². The van der Waals surface area contributed by atoms with E-state index in [9.17, 15) is 4.79 Å². The molecule has 1 N–H and O–H groups in total. The summed E-state index contributed by atoms with van der Waals surface area (Å²) >= 11 is 0. The average Bonchev–Trinajstić information content (AvgIpc) is 3.10. The van der Waals surface area contributed by atoms with Crippen LogP contribution in [0, 0.1) is 6.92 Å². The van der Waals surface area contributed by atoms with Gasteiger partial charge in [0.1, 0.15) is 11.9 Å². The van der Waals surface area contributed by atoms with Gasteiger partial charge in [-0.1, -0.05) is 35.0 Å². The van der Waals surface area contributed by atoms with Crippen LogP contribution in [0.2, 0.25) is 0 Å². The summed E-state index contributed by atoms with van der Waals surface area (Å²) in [4.78, 5) is 21.5. The van der Waals surface area contributed by atoms with Crippen molar-refractivity contribution in [1.29, 1.82) is 0 Å². The SMILES string of the molecule is Cc1ccc(C2=NO[C@H](CNC(=O)[C@@H](C)Oc3cccnc3)C2)cc1. The number of carbonyl (C=O) groups excluding carboxylic acids is 1. The maximum atomic E-state index is 12.1. The van der Waals surface area contributed by atoms with Crippen molar-refractivity contribution in [1.82, 2.24) is 10.3 Å². The Bertz CT molecular complexity index is 744. The molecule has 2 atom stereocenters. The minimum atomic E-state index is -0.608. The van der Waals surface area contributed by atoms with Gasteiger partial charge < -0.3 is 14.9 Å². The number of amides is 1. The topological polar surface area (TPSA) is 72.8 Å². The highest BCUT2D eigenvalue weighted by atomic mass is 16.6. The van der Waals surface area contributed by atoms with Crippen molar-refractivity contribution in [3.63, 3.8) is 0 Å². The van der Waals surface area contributed by atoms with Gasteiger partial charge in [0.05, 0.1) is 18.5 Å². The third-order valence-corrected chi connectivity index (χ3v) is 3.94. The van der Waals surface area contributed by atoms with Crippen molar-refractivity contribution >= 4 is 11.6 Å². The summed E-state index contributed by atoms with van der Waals surface area (Å²) in [6.07, 6.45) is 3.13. The molecule has 6 heteroatoms. The van der Waals surface area contributed by atoms with Crippen LogP contribution in [0.4, 0.5) is 0 Å². The summed E-state index contributed by atoms with van der Waals surface area (Å²) in [5.74, 6) is 0.364. The second-order valence-electron chi connectivity index (χ2n) is 6.03. The first kappa shape index (κ1) is 17.0. The van der Waals surface area contributed by atoms with Crippen LogP contribution in [0.15, 0.2) is 53.9 Å². The van der Waals surface area contributed by atoms with Crippen LogP contribution >= 0.6 is 0 Å². The Morgan fingerprint density at radius 3 is 2.88 bits per heavy atom. The van der Waals surface area contributed by atoms with Gasteiger partial charge in [-0.05, 0) is 31.5 Å². The molecule has 1 aliphatic rings. The highest BCUT2D eigenvalue weighted by Crippen LogP contribution is 2.17. The van der Waals surface area contributed by atoms with E-state index in [0.29, 0.717) is 18.7 Å². The summed E-state index contributed by atoms with van der Waals surface area (Å²) in [5, 5.41) is 6.98. The van der Waals surface area contributed by atoms with Gasteiger partial charge in [-0.3, -0.25) is 9.78 Å². The average molecular weight is 339 g/mol. The summed E-state index contributed by atoms with van der Waals surface area (Å²) in [7, 11) is 0. The molecule has 2 heterocycles. The smallest absolute Gasteiger partial charge is 0.260 e. The zero-order valence-electron chi connectivity index (χ0n) is 14.3. The van der Waals surface area contributed by atoms with Crippen LogP contribution in [0.5, 0.6) is 5.75 Å². The molecule has 0 fully saturated rings. The molecule has 25 heavy (non-hydrogen) atoms. The van der Waals surface area contributed by atoms with E-state index >= 15 is 0 Å². The van der Waals surface area contributed by atoms with Gasteiger partial charge >= 0.3 is 0 Å². The van der Waals surface area contributed by atoms with Gasteiger partial charge in [0.25, 0.3) is 5.91 Å². The molecular weight excluding hydrogens is 318 g/mol. The third kappa shape index (κ3) is 4.56. The van der Waals surface area contributed by atoms with Crippen molar-refractivity contribution in [2.24, 2.45) is 5.16 Å². The van der Waals surface area contributed by atoms with Crippen molar-refractivity contribution in [2.75, 3.05) is 6.54 Å². The Morgan fingerprint density at radius 2 is 2.16 bits per heavy atom. The van der Waals surface area contributed by atoms with Crippen LogP contribution in [0.1, 0.15) is 24.5 Å². The number of aryl methyl sites for hydroxylation is 1. The molecule has 3 rings (SSSR count). The van der Waals surface area contributed by atoms with Gasteiger partial charge in [-0.25, -0.2) is 0 Å². The van der Waals surface area contributed by atoms with Gasteiger partial charge in [0, 0.05) is 12.6 Å². The maximum absolute atomic E-state index is 12.1. The second-order valence-corrected chi connectivity index (χ2v) is 6.03. The molecule has 6 nitrogen and oxygen atoms in total. The van der Waals surface area contributed by atoms with E-state index in [1.807, 2.05) is 31.2 Å². The molecule has 0 aliphatic carbocycles. The maximum Gasteiger partial charge on any atom is 0.260 e. The Morgan fingerprint density at radius 1 is 1.36 bits per heavy atom. The molecule has 1 aromatic carbocycles. The predicted molar refractivity (Wildman–Crippen MR) is 94.5 cm³/mol. The number of pyridine rings is 1. The van der Waals surface area contributed by atoms with Gasteiger partial charge in [-0.2, -0.15) is 0 Å². The standard InChI is InChI=1S/C19H21N3O3/c1-13-5-7-15(8-6-13)18-10-17(25-22-18)12-21-19(23)14(2)24-16-4-3-9-20-11-16/h3-9,11,14,17H,10,12H2,1-2H3,(H,21,23)/t14-,17+/m1/s1. The highest BCUT2D eigenvalue weighted by Gasteiger charge is 2.24. The normalized spacial score (nSPS) is 17.4. The Labute approximate surface area is 146 Å². The number of aromatic nitrogens is 1. The fraction of sp³-hybridized carbons (Fsp3) is 0.316. The zero-order chi connectivity index (χ0) is 17.6. The Hall–Kier alpha value is -2.89. The van der Waals surface area contributed by atoms with E-state index in [1.165, 1.54) is 5.56 Å². The fourth-order valence-corrected chi connectivity index (χ4v) is 2.49. The van der Waals surface area contributed by atoms with Crippen LogP contribution in [-0.2, 0) is 9.63 Å².